The first-order valence-electron chi connectivity index (χ1n) is 10.6. The Bertz CT molecular complexity index is 1060. The van der Waals surface area contributed by atoms with Crippen LogP contribution < -0.4 is 15.0 Å². The maximum Gasteiger partial charge on any atom is 0.322 e. The van der Waals surface area contributed by atoms with Gasteiger partial charge in [0.15, 0.2) is 0 Å². The fraction of sp³-hybridized carbons (Fsp3) is 0.348. The Balaban J connectivity index is 1.36. The molecule has 1 unspecified atom stereocenters. The van der Waals surface area contributed by atoms with E-state index in [0.29, 0.717) is 44.1 Å². The first-order valence-corrected chi connectivity index (χ1v) is 11.4. The van der Waals surface area contributed by atoms with Crippen molar-refractivity contribution in [2.45, 2.75) is 26.3 Å². The van der Waals surface area contributed by atoms with E-state index >= 15 is 0 Å². The van der Waals surface area contributed by atoms with Gasteiger partial charge in [0.2, 0.25) is 5.13 Å². The molecular formula is C23H26FN5O2S. The second-order valence-corrected chi connectivity index (χ2v) is 8.37. The average Bonchev–Trinajstić information content (AvgIpc) is 3.25. The van der Waals surface area contributed by atoms with Crippen molar-refractivity contribution in [3.63, 3.8) is 0 Å². The molecule has 1 fully saturated rings. The van der Waals surface area contributed by atoms with Gasteiger partial charge in [-0.1, -0.05) is 24.3 Å². The Morgan fingerprint density at radius 1 is 1.22 bits per heavy atom. The SMILES string of the molecule is CCOc1ccccc1NC(=O)N1CCN(c2nc(Cc3ccc(F)cc3)ns2)CC1C. The molecule has 1 aliphatic rings. The van der Waals surface area contributed by atoms with Crippen LogP contribution in [-0.4, -0.2) is 52.6 Å². The number of carbonyl (C=O) groups excluding carboxylic acids is 1. The fourth-order valence-corrected chi connectivity index (χ4v) is 4.42. The highest BCUT2D eigenvalue weighted by Gasteiger charge is 2.29. The molecule has 1 N–H and O–H groups in total. The Hall–Kier alpha value is -3.20. The molecule has 2 aromatic carbocycles. The smallest absolute Gasteiger partial charge is 0.322 e. The molecule has 168 valence electrons. The molecule has 0 spiro atoms. The summed E-state index contributed by atoms with van der Waals surface area (Å²) in [5, 5.41) is 3.82. The molecule has 9 heteroatoms. The molecule has 0 saturated carbocycles. The number of halogens is 1. The highest BCUT2D eigenvalue weighted by molar-refractivity contribution is 7.09. The first kappa shape index (κ1) is 22.0. The maximum atomic E-state index is 13.1. The molecule has 0 radical (unpaired) electrons. The lowest BCUT2D eigenvalue weighted by Gasteiger charge is -2.39. The monoisotopic (exact) mass is 455 g/mol. The van der Waals surface area contributed by atoms with Gasteiger partial charge >= 0.3 is 6.03 Å². The largest absolute Gasteiger partial charge is 0.492 e. The summed E-state index contributed by atoms with van der Waals surface area (Å²) < 4.78 is 23.2. The number of hydrogen-bond donors (Lipinski definition) is 1. The number of carbonyl (C=O) groups is 1. The molecule has 7 nitrogen and oxygen atoms in total. The molecule has 2 heterocycles. The topological polar surface area (TPSA) is 70.6 Å². The quantitative estimate of drug-likeness (QED) is 0.596. The first-order chi connectivity index (χ1) is 15.5. The summed E-state index contributed by atoms with van der Waals surface area (Å²) in [6.45, 7) is 6.41. The fourth-order valence-electron chi connectivity index (χ4n) is 3.70. The third-order valence-electron chi connectivity index (χ3n) is 5.32. The molecule has 4 rings (SSSR count). The summed E-state index contributed by atoms with van der Waals surface area (Å²) in [5.41, 5.74) is 1.64. The zero-order valence-corrected chi connectivity index (χ0v) is 18.9. The maximum absolute atomic E-state index is 13.1. The molecule has 0 aliphatic carbocycles. The number of aromatic nitrogens is 2. The van der Waals surface area contributed by atoms with Crippen LogP contribution in [0.1, 0.15) is 25.2 Å². The van der Waals surface area contributed by atoms with Crippen LogP contribution in [0.5, 0.6) is 5.75 Å². The van der Waals surface area contributed by atoms with E-state index in [0.717, 1.165) is 16.5 Å². The zero-order chi connectivity index (χ0) is 22.5. The normalized spacial score (nSPS) is 16.2. The minimum absolute atomic E-state index is 0.00690. The van der Waals surface area contributed by atoms with Crippen molar-refractivity contribution in [3.8, 4) is 5.75 Å². The van der Waals surface area contributed by atoms with Crippen LogP contribution in [0.15, 0.2) is 48.5 Å². The summed E-state index contributed by atoms with van der Waals surface area (Å²) in [7, 11) is 0. The van der Waals surface area contributed by atoms with Gasteiger partial charge in [0, 0.05) is 43.6 Å². The van der Waals surface area contributed by atoms with Crippen LogP contribution in [0, 0.1) is 5.82 Å². The minimum atomic E-state index is -0.252. The zero-order valence-electron chi connectivity index (χ0n) is 18.1. The van der Waals surface area contributed by atoms with Crippen LogP contribution in [0.4, 0.5) is 20.0 Å². The number of para-hydroxylation sites is 2. The van der Waals surface area contributed by atoms with Gasteiger partial charge < -0.3 is 19.9 Å². The predicted molar refractivity (Wildman–Crippen MR) is 124 cm³/mol. The number of rotatable bonds is 6. The van der Waals surface area contributed by atoms with Crippen molar-refractivity contribution in [2.24, 2.45) is 0 Å². The molecule has 1 aromatic heterocycles. The number of nitrogens with one attached hydrogen (secondary N) is 1. The summed E-state index contributed by atoms with van der Waals surface area (Å²) in [4.78, 5) is 21.6. The van der Waals surface area contributed by atoms with E-state index in [2.05, 4.69) is 19.6 Å². The number of hydrogen-bond acceptors (Lipinski definition) is 6. The Labute approximate surface area is 191 Å². The average molecular weight is 456 g/mol. The lowest BCUT2D eigenvalue weighted by Crippen LogP contribution is -2.55. The van der Waals surface area contributed by atoms with E-state index in [1.54, 1.807) is 12.1 Å². The van der Waals surface area contributed by atoms with Gasteiger partial charge in [0.1, 0.15) is 17.4 Å². The summed E-state index contributed by atoms with van der Waals surface area (Å²) >= 11 is 1.36. The Kier molecular flexibility index (Phi) is 6.84. The van der Waals surface area contributed by atoms with Crippen LogP contribution in [0.3, 0.4) is 0 Å². The van der Waals surface area contributed by atoms with Crippen LogP contribution in [-0.2, 0) is 6.42 Å². The number of ether oxygens (including phenoxy) is 1. The van der Waals surface area contributed by atoms with E-state index in [4.69, 9.17) is 4.74 Å². The number of anilines is 2. The number of piperazine rings is 1. The Morgan fingerprint density at radius 2 is 2.00 bits per heavy atom. The van der Waals surface area contributed by atoms with Crippen LogP contribution in [0.25, 0.3) is 0 Å². The van der Waals surface area contributed by atoms with Crippen LogP contribution >= 0.6 is 11.5 Å². The van der Waals surface area contributed by atoms with Gasteiger partial charge in [0.05, 0.1) is 12.3 Å². The second kappa shape index (κ2) is 9.95. The highest BCUT2D eigenvalue weighted by Crippen LogP contribution is 2.26. The van der Waals surface area contributed by atoms with E-state index in [1.165, 1.54) is 23.7 Å². The molecule has 0 bridgehead atoms. The second-order valence-electron chi connectivity index (χ2n) is 7.64. The molecule has 32 heavy (non-hydrogen) atoms. The minimum Gasteiger partial charge on any atom is -0.492 e. The predicted octanol–water partition coefficient (Wildman–Crippen LogP) is 4.41. The van der Waals surface area contributed by atoms with E-state index in [1.807, 2.05) is 43.0 Å². The molecular weight excluding hydrogens is 429 g/mol. The standard InChI is InChI=1S/C23H26FN5O2S/c1-3-31-20-7-5-4-6-19(20)25-22(30)29-13-12-28(15-16(29)2)23-26-21(27-32-23)14-17-8-10-18(24)11-9-17/h4-11,16H,3,12-15H2,1-2H3,(H,25,30). The summed E-state index contributed by atoms with van der Waals surface area (Å²) in [6, 6.07) is 13.7. The van der Waals surface area contributed by atoms with Crippen molar-refractivity contribution < 1.29 is 13.9 Å². The van der Waals surface area contributed by atoms with Crippen molar-refractivity contribution in [1.29, 1.82) is 0 Å². The molecule has 1 aliphatic heterocycles. The van der Waals surface area contributed by atoms with Gasteiger partial charge in [-0.3, -0.25) is 0 Å². The molecule has 1 saturated heterocycles. The van der Waals surface area contributed by atoms with E-state index in [9.17, 15) is 9.18 Å². The van der Waals surface area contributed by atoms with Gasteiger partial charge in [0.25, 0.3) is 0 Å². The van der Waals surface area contributed by atoms with Crippen molar-refractivity contribution in [3.05, 3.63) is 65.7 Å². The van der Waals surface area contributed by atoms with Crippen LogP contribution in [0.2, 0.25) is 0 Å². The number of amides is 2. The van der Waals surface area contributed by atoms with E-state index < -0.39 is 0 Å². The highest BCUT2D eigenvalue weighted by atomic mass is 32.1. The number of benzene rings is 2. The molecule has 2 amide bonds. The van der Waals surface area contributed by atoms with Gasteiger partial charge in [-0.25, -0.2) is 14.2 Å². The Morgan fingerprint density at radius 3 is 2.75 bits per heavy atom. The van der Waals surface area contributed by atoms with Crippen molar-refractivity contribution in [2.75, 3.05) is 36.5 Å². The number of nitrogens with zero attached hydrogens (tertiary/aromatic N) is 4. The van der Waals surface area contributed by atoms with Gasteiger partial charge in [-0.15, -0.1) is 0 Å². The third kappa shape index (κ3) is 5.16. The summed E-state index contributed by atoms with van der Waals surface area (Å²) in [6.07, 6.45) is 0.563. The van der Waals surface area contributed by atoms with Gasteiger partial charge in [-0.2, -0.15) is 4.37 Å². The molecule has 1 atom stereocenters. The van der Waals surface area contributed by atoms with Crippen molar-refractivity contribution in [1.82, 2.24) is 14.3 Å². The van der Waals surface area contributed by atoms with Crippen molar-refractivity contribution >= 4 is 28.4 Å². The van der Waals surface area contributed by atoms with E-state index in [-0.39, 0.29) is 17.9 Å². The molecule has 3 aromatic rings. The van der Waals surface area contributed by atoms with Gasteiger partial charge in [-0.05, 0) is 43.7 Å². The summed E-state index contributed by atoms with van der Waals surface area (Å²) in [5.74, 6) is 1.13. The third-order valence-corrected chi connectivity index (χ3v) is 6.14. The lowest BCUT2D eigenvalue weighted by molar-refractivity contribution is 0.184. The number of urea groups is 1. The lowest BCUT2D eigenvalue weighted by atomic mass is 10.1.